The van der Waals surface area contributed by atoms with Crippen molar-refractivity contribution >= 4 is 35.4 Å². The minimum atomic E-state index is -0.996. The average Bonchev–Trinajstić information content (AvgIpc) is 3.46. The molecule has 5 atom stereocenters. The van der Waals surface area contributed by atoms with Crippen molar-refractivity contribution in [3.8, 4) is 0 Å². The van der Waals surface area contributed by atoms with E-state index in [1.807, 2.05) is 55.4 Å². The number of hydrogen-bond donors (Lipinski definition) is 4. The van der Waals surface area contributed by atoms with Crippen molar-refractivity contribution in [3.63, 3.8) is 0 Å². The smallest absolute Gasteiger partial charge is 0.315 e. The third kappa shape index (κ3) is 12.3. The number of unbranched alkanes of at least 4 members (excludes halogenated alkanes) is 3. The van der Waals surface area contributed by atoms with Gasteiger partial charge in [0.1, 0.15) is 12.1 Å². The lowest BCUT2D eigenvalue weighted by Crippen LogP contribution is -2.62. The number of piperidine rings is 1. The van der Waals surface area contributed by atoms with Gasteiger partial charge in [0.15, 0.2) is 0 Å². The Morgan fingerprint density at radius 3 is 2.08 bits per heavy atom. The van der Waals surface area contributed by atoms with Crippen LogP contribution in [0.1, 0.15) is 127 Å². The maximum absolute atomic E-state index is 14.4. The molecule has 1 unspecified atom stereocenters. The quantitative estimate of drug-likeness (QED) is 0.141. The molecular weight excluding hydrogens is 624 g/mol. The second-order valence-corrected chi connectivity index (χ2v) is 16.4. The maximum atomic E-state index is 14.4. The molecule has 2 aliphatic rings. The van der Waals surface area contributed by atoms with Crippen LogP contribution in [0.15, 0.2) is 0 Å². The summed E-state index contributed by atoms with van der Waals surface area (Å²) in [5.41, 5.74) is -1.07. The summed E-state index contributed by atoms with van der Waals surface area (Å²) in [6.07, 6.45) is 6.77. The molecule has 0 bridgehead atoms. The number of carbonyl (C=O) groups excluding carboxylic acids is 6. The van der Waals surface area contributed by atoms with Crippen LogP contribution in [-0.4, -0.2) is 95.6 Å². The number of likely N-dealkylation sites (N-methyl/N-ethyl adjacent to an activating group) is 1. The third-order valence-electron chi connectivity index (χ3n) is 9.96. The lowest BCUT2D eigenvalue weighted by molar-refractivity contribution is -0.144. The molecule has 2 heterocycles. The summed E-state index contributed by atoms with van der Waals surface area (Å²) in [5, 5.41) is 11.4. The van der Waals surface area contributed by atoms with Crippen LogP contribution in [0.2, 0.25) is 0 Å². The first-order valence-corrected chi connectivity index (χ1v) is 18.6. The monoisotopic (exact) mass is 691 g/mol. The summed E-state index contributed by atoms with van der Waals surface area (Å²) >= 11 is 0. The van der Waals surface area contributed by atoms with Gasteiger partial charge in [0, 0.05) is 32.6 Å². The second-order valence-electron chi connectivity index (χ2n) is 16.4. The summed E-state index contributed by atoms with van der Waals surface area (Å²) in [6, 6.07) is -3.71. The Labute approximate surface area is 295 Å². The molecule has 2 rings (SSSR count). The molecular formula is C37H66N6O6. The minimum Gasteiger partial charge on any atom is -0.350 e. The van der Waals surface area contributed by atoms with Gasteiger partial charge in [-0.1, -0.05) is 88.0 Å². The lowest BCUT2D eigenvalue weighted by Gasteiger charge is -2.39. The highest BCUT2D eigenvalue weighted by atomic mass is 16.2. The molecule has 2 aliphatic heterocycles. The molecule has 280 valence electrons. The van der Waals surface area contributed by atoms with E-state index in [1.165, 1.54) is 0 Å². The van der Waals surface area contributed by atoms with Gasteiger partial charge in [-0.05, 0) is 55.3 Å². The first-order valence-electron chi connectivity index (χ1n) is 18.6. The van der Waals surface area contributed by atoms with Crippen LogP contribution < -0.4 is 21.3 Å². The second kappa shape index (κ2) is 18.7. The zero-order chi connectivity index (χ0) is 37.1. The topological polar surface area (TPSA) is 157 Å². The Morgan fingerprint density at radius 1 is 0.857 bits per heavy atom. The van der Waals surface area contributed by atoms with Crippen molar-refractivity contribution in [2.24, 2.45) is 22.7 Å². The summed E-state index contributed by atoms with van der Waals surface area (Å²) < 4.78 is 0. The van der Waals surface area contributed by atoms with Gasteiger partial charge in [-0.3, -0.25) is 24.0 Å². The Bertz CT molecular complexity index is 1160. The van der Waals surface area contributed by atoms with Gasteiger partial charge in [-0.2, -0.15) is 0 Å². The highest BCUT2D eigenvalue weighted by molar-refractivity contribution is 6.38. The molecule has 6 amide bonds. The van der Waals surface area contributed by atoms with E-state index in [9.17, 15) is 28.8 Å². The zero-order valence-corrected chi connectivity index (χ0v) is 32.0. The number of rotatable bonds is 16. The lowest BCUT2D eigenvalue weighted by atomic mass is 9.84. The molecule has 2 fully saturated rings. The van der Waals surface area contributed by atoms with Gasteiger partial charge >= 0.3 is 6.03 Å². The molecule has 0 aliphatic carbocycles. The summed E-state index contributed by atoms with van der Waals surface area (Å²) in [7, 11) is 0. The van der Waals surface area contributed by atoms with E-state index in [-0.39, 0.29) is 35.1 Å². The maximum Gasteiger partial charge on any atom is 0.315 e. The number of Topliss-reactive ketones (excluding diaryl/α,β-unsaturated/α-hetero) is 1. The largest absolute Gasteiger partial charge is 0.350 e. The van der Waals surface area contributed by atoms with E-state index in [4.69, 9.17) is 0 Å². The molecule has 4 N–H and O–H groups in total. The Hall–Kier alpha value is -3.18. The number of hydrogen-bond acceptors (Lipinski definition) is 6. The van der Waals surface area contributed by atoms with Crippen LogP contribution in [0, 0.1) is 22.7 Å². The van der Waals surface area contributed by atoms with E-state index < -0.39 is 47.2 Å². The van der Waals surface area contributed by atoms with E-state index >= 15 is 0 Å². The summed E-state index contributed by atoms with van der Waals surface area (Å²) in [5.74, 6) is -2.29. The van der Waals surface area contributed by atoms with Crippen LogP contribution in [0.5, 0.6) is 0 Å². The molecule has 12 nitrogen and oxygen atoms in total. The van der Waals surface area contributed by atoms with Crippen molar-refractivity contribution in [2.45, 2.75) is 151 Å². The number of nitrogens with zero attached hydrogens (tertiary/aromatic N) is 2. The van der Waals surface area contributed by atoms with Crippen LogP contribution in [0.3, 0.4) is 0 Å². The van der Waals surface area contributed by atoms with E-state index in [0.717, 1.165) is 32.1 Å². The molecule has 2 saturated heterocycles. The minimum absolute atomic E-state index is 0.0602. The van der Waals surface area contributed by atoms with Gasteiger partial charge in [0.25, 0.3) is 5.91 Å². The predicted octanol–water partition coefficient (Wildman–Crippen LogP) is 4.16. The summed E-state index contributed by atoms with van der Waals surface area (Å²) in [6.45, 7) is 21.1. The molecule has 0 aromatic heterocycles. The molecule has 0 radical (unpaired) electrons. The van der Waals surface area contributed by atoms with Gasteiger partial charge in [0.2, 0.25) is 23.5 Å². The van der Waals surface area contributed by atoms with Crippen molar-refractivity contribution in [2.75, 3.05) is 26.2 Å². The number of carbonyl (C=O) groups is 6. The van der Waals surface area contributed by atoms with Crippen LogP contribution in [0.4, 0.5) is 4.79 Å². The fourth-order valence-electron chi connectivity index (χ4n) is 6.76. The first-order chi connectivity index (χ1) is 22.8. The van der Waals surface area contributed by atoms with Gasteiger partial charge in [-0.25, -0.2) is 4.79 Å². The highest BCUT2D eigenvalue weighted by Crippen LogP contribution is 2.33. The average molecular weight is 691 g/mol. The van der Waals surface area contributed by atoms with Crippen LogP contribution in [0.25, 0.3) is 0 Å². The summed E-state index contributed by atoms with van der Waals surface area (Å²) in [4.78, 5) is 83.8. The Morgan fingerprint density at radius 2 is 1.53 bits per heavy atom. The zero-order valence-electron chi connectivity index (χ0n) is 32.0. The number of likely N-dealkylation sites (tertiary alicyclic amines) is 2. The number of amides is 6. The molecule has 12 heteroatoms. The SMILES string of the molecule is CCCCCCC(NC(=O)[C@@H]1[C@@H](C(C)C)CCN1C(=O)[C@@H](NC(=O)N[C@H](CN1CCCCC1=O)C(C)(C)C)C(C)(C)C)C(=O)C(=O)NCC. The van der Waals surface area contributed by atoms with Gasteiger partial charge in [-0.15, -0.1) is 0 Å². The normalized spacial score (nSPS) is 20.4. The van der Waals surface area contributed by atoms with Gasteiger partial charge < -0.3 is 31.1 Å². The van der Waals surface area contributed by atoms with Gasteiger partial charge in [0.05, 0.1) is 12.1 Å². The van der Waals surface area contributed by atoms with Crippen LogP contribution >= 0.6 is 0 Å². The standard InChI is InChI=1S/C37H66N6O6/c1-11-13-14-15-18-26(30(45)33(47)38-12-2)39-32(46)29-25(24(3)4)20-22-43(29)34(48)31(37(8,9)10)41-35(49)40-27(36(5,6)7)23-42-21-17-16-19-28(42)44/h24-27,29,31H,11-23H2,1-10H3,(H,38,47)(H,39,46)(H2,40,41,49)/t25-,26?,27-,29+,31-/m1/s1. The molecule has 0 saturated carbocycles. The fourth-order valence-corrected chi connectivity index (χ4v) is 6.76. The Balaban J connectivity index is 2.32. The molecule has 0 aromatic carbocycles. The van der Waals surface area contributed by atoms with Crippen LogP contribution in [-0.2, 0) is 24.0 Å². The molecule has 49 heavy (non-hydrogen) atoms. The van der Waals surface area contributed by atoms with Crippen molar-refractivity contribution in [1.82, 2.24) is 31.1 Å². The van der Waals surface area contributed by atoms with Crippen molar-refractivity contribution in [3.05, 3.63) is 0 Å². The molecule has 0 aromatic rings. The number of urea groups is 1. The predicted molar refractivity (Wildman–Crippen MR) is 191 cm³/mol. The third-order valence-corrected chi connectivity index (χ3v) is 9.96. The number of nitrogens with one attached hydrogen (secondary N) is 4. The Kier molecular flexibility index (Phi) is 16.0. The van der Waals surface area contributed by atoms with E-state index in [1.54, 1.807) is 16.7 Å². The van der Waals surface area contributed by atoms with E-state index in [2.05, 4.69) is 28.2 Å². The molecule has 0 spiro atoms. The van der Waals surface area contributed by atoms with E-state index in [0.29, 0.717) is 51.9 Å². The fraction of sp³-hybridized carbons (Fsp3) is 0.838. The first kappa shape index (κ1) is 42.0. The highest BCUT2D eigenvalue weighted by Gasteiger charge is 2.48. The van der Waals surface area contributed by atoms with Crippen molar-refractivity contribution < 1.29 is 28.8 Å². The van der Waals surface area contributed by atoms with Crippen molar-refractivity contribution in [1.29, 1.82) is 0 Å². The number of ketones is 1.